The first-order valence-corrected chi connectivity index (χ1v) is 6.45. The van der Waals surface area contributed by atoms with E-state index in [0.29, 0.717) is 0 Å². The average Bonchev–Trinajstić information content (AvgIpc) is 2.40. The standard InChI is InChI=1S/C13H14ClFN4O3/c1-13(15,20)6-3-9(21-2)7(14)4-8(6)22-10-5-18-12(17)19-11(10)16/h3-5,20H,1-2H3,(H4,16,17,18,19). The summed E-state index contributed by atoms with van der Waals surface area (Å²) in [4.78, 5) is 7.46. The third-order valence-electron chi connectivity index (χ3n) is 2.77. The zero-order valence-electron chi connectivity index (χ0n) is 11.8. The minimum Gasteiger partial charge on any atom is -0.495 e. The number of alkyl halides is 1. The molecule has 0 aliphatic carbocycles. The van der Waals surface area contributed by atoms with E-state index in [1.165, 1.54) is 25.4 Å². The fourth-order valence-corrected chi connectivity index (χ4v) is 1.96. The van der Waals surface area contributed by atoms with Gasteiger partial charge in [-0.15, -0.1) is 0 Å². The summed E-state index contributed by atoms with van der Waals surface area (Å²) in [5, 5.41) is 9.81. The molecule has 22 heavy (non-hydrogen) atoms. The fourth-order valence-electron chi connectivity index (χ4n) is 1.73. The van der Waals surface area contributed by atoms with Gasteiger partial charge in [-0.2, -0.15) is 4.98 Å². The molecule has 1 aromatic carbocycles. The second kappa shape index (κ2) is 5.82. The molecule has 7 nitrogen and oxygen atoms in total. The summed E-state index contributed by atoms with van der Waals surface area (Å²) in [6, 6.07) is 2.52. The average molecular weight is 329 g/mol. The molecule has 0 saturated heterocycles. The summed E-state index contributed by atoms with van der Waals surface area (Å²) in [7, 11) is 1.37. The highest BCUT2D eigenvalue weighted by Crippen LogP contribution is 2.41. The lowest BCUT2D eigenvalue weighted by atomic mass is 10.1. The Hall–Kier alpha value is -2.32. The van der Waals surface area contributed by atoms with Crippen molar-refractivity contribution < 1.29 is 19.0 Å². The monoisotopic (exact) mass is 328 g/mol. The van der Waals surface area contributed by atoms with Gasteiger partial charge in [0.25, 0.3) is 0 Å². The molecule has 5 N–H and O–H groups in total. The Balaban J connectivity index is 2.52. The van der Waals surface area contributed by atoms with Crippen molar-refractivity contribution in [3.8, 4) is 17.2 Å². The third-order valence-corrected chi connectivity index (χ3v) is 3.06. The predicted octanol–water partition coefficient (Wildman–Crippen LogP) is 2.23. The van der Waals surface area contributed by atoms with Crippen LogP contribution in [0.2, 0.25) is 5.02 Å². The van der Waals surface area contributed by atoms with Gasteiger partial charge in [0.2, 0.25) is 11.8 Å². The second-order valence-corrected chi connectivity index (χ2v) is 4.92. The molecule has 1 atom stereocenters. The Morgan fingerprint density at radius 2 is 1.95 bits per heavy atom. The third kappa shape index (κ3) is 3.29. The highest BCUT2D eigenvalue weighted by Gasteiger charge is 2.28. The van der Waals surface area contributed by atoms with E-state index < -0.39 is 5.85 Å². The van der Waals surface area contributed by atoms with Crippen molar-refractivity contribution in [3.05, 3.63) is 28.9 Å². The van der Waals surface area contributed by atoms with Gasteiger partial charge >= 0.3 is 0 Å². The lowest BCUT2D eigenvalue weighted by molar-refractivity contribution is -0.0782. The van der Waals surface area contributed by atoms with Crippen molar-refractivity contribution in [1.29, 1.82) is 0 Å². The number of hydrogen-bond donors (Lipinski definition) is 3. The number of nitrogens with zero attached hydrogens (tertiary/aromatic N) is 2. The van der Waals surface area contributed by atoms with Crippen LogP contribution in [-0.4, -0.2) is 22.2 Å². The first-order valence-electron chi connectivity index (χ1n) is 6.07. The summed E-state index contributed by atoms with van der Waals surface area (Å²) in [5.41, 5.74) is 10.8. The van der Waals surface area contributed by atoms with E-state index in [0.717, 1.165) is 6.92 Å². The maximum Gasteiger partial charge on any atom is 0.233 e. The number of methoxy groups -OCH3 is 1. The molecule has 0 aliphatic rings. The molecule has 2 aromatic rings. The molecule has 9 heteroatoms. The highest BCUT2D eigenvalue weighted by molar-refractivity contribution is 6.32. The number of nitrogens with two attached hydrogens (primary N) is 2. The Bertz CT molecular complexity index is 706. The number of aromatic nitrogens is 2. The van der Waals surface area contributed by atoms with Crippen LogP contribution in [0.3, 0.4) is 0 Å². The van der Waals surface area contributed by atoms with Gasteiger partial charge in [0.1, 0.15) is 11.5 Å². The van der Waals surface area contributed by atoms with Gasteiger partial charge in [0.15, 0.2) is 11.6 Å². The van der Waals surface area contributed by atoms with Crippen molar-refractivity contribution in [2.24, 2.45) is 0 Å². The van der Waals surface area contributed by atoms with Crippen molar-refractivity contribution in [1.82, 2.24) is 9.97 Å². The molecule has 0 fully saturated rings. The lowest BCUT2D eigenvalue weighted by Gasteiger charge is -2.20. The van der Waals surface area contributed by atoms with Gasteiger partial charge in [0, 0.05) is 6.07 Å². The fraction of sp³-hybridized carbons (Fsp3) is 0.231. The van der Waals surface area contributed by atoms with Crippen LogP contribution in [0.1, 0.15) is 12.5 Å². The number of nitrogen functional groups attached to an aromatic ring is 2. The van der Waals surface area contributed by atoms with Crippen molar-refractivity contribution >= 4 is 23.4 Å². The Morgan fingerprint density at radius 3 is 2.50 bits per heavy atom. The number of halogens is 2. The molecule has 118 valence electrons. The zero-order valence-corrected chi connectivity index (χ0v) is 12.6. The summed E-state index contributed by atoms with van der Waals surface area (Å²) in [6.45, 7) is 0.950. The second-order valence-electron chi connectivity index (χ2n) is 4.52. The van der Waals surface area contributed by atoms with Crippen LogP contribution in [0, 0.1) is 0 Å². The maximum absolute atomic E-state index is 14.0. The topological polar surface area (TPSA) is 117 Å². The molecular weight excluding hydrogens is 315 g/mol. The molecule has 0 spiro atoms. The molecule has 1 aromatic heterocycles. The summed E-state index contributed by atoms with van der Waals surface area (Å²) in [6.07, 6.45) is 1.23. The summed E-state index contributed by atoms with van der Waals surface area (Å²) >= 11 is 5.99. The Kier molecular flexibility index (Phi) is 4.25. The molecule has 0 bridgehead atoms. The molecule has 0 aliphatic heterocycles. The quantitative estimate of drug-likeness (QED) is 0.787. The molecule has 0 radical (unpaired) electrons. The number of rotatable bonds is 4. The van der Waals surface area contributed by atoms with Crippen molar-refractivity contribution in [2.45, 2.75) is 12.8 Å². The van der Waals surface area contributed by atoms with Crippen LogP contribution >= 0.6 is 11.6 Å². The smallest absolute Gasteiger partial charge is 0.233 e. The van der Waals surface area contributed by atoms with E-state index in [9.17, 15) is 9.50 Å². The summed E-state index contributed by atoms with van der Waals surface area (Å²) < 4.78 is 24.4. The van der Waals surface area contributed by atoms with E-state index in [4.69, 9.17) is 32.5 Å². The van der Waals surface area contributed by atoms with Gasteiger partial charge < -0.3 is 26.0 Å². The first-order chi connectivity index (χ1) is 10.2. The summed E-state index contributed by atoms with van der Waals surface area (Å²) in [5.74, 6) is -2.58. The van der Waals surface area contributed by atoms with Crippen molar-refractivity contribution in [3.63, 3.8) is 0 Å². The number of hydrogen-bond acceptors (Lipinski definition) is 7. The largest absolute Gasteiger partial charge is 0.495 e. The van der Waals surface area contributed by atoms with Gasteiger partial charge in [-0.05, 0) is 13.0 Å². The zero-order chi connectivity index (χ0) is 16.5. The Labute approximate surface area is 130 Å². The van der Waals surface area contributed by atoms with E-state index in [1.807, 2.05) is 0 Å². The first kappa shape index (κ1) is 16.1. The maximum atomic E-state index is 14.0. The minimum absolute atomic E-state index is 0.0321. The molecular formula is C13H14ClFN4O3. The van der Waals surface area contributed by atoms with Crippen LogP contribution in [0.5, 0.6) is 17.2 Å². The van der Waals surface area contributed by atoms with Crippen LogP contribution in [-0.2, 0) is 5.85 Å². The SMILES string of the molecule is COc1cc(C(C)(O)F)c(Oc2cnc(N)nc2N)cc1Cl. The highest BCUT2D eigenvalue weighted by atomic mass is 35.5. The lowest BCUT2D eigenvalue weighted by Crippen LogP contribution is -2.15. The predicted molar refractivity (Wildman–Crippen MR) is 79.6 cm³/mol. The Morgan fingerprint density at radius 1 is 1.27 bits per heavy atom. The number of aliphatic hydroxyl groups is 1. The number of anilines is 2. The minimum atomic E-state index is -2.68. The molecule has 1 unspecified atom stereocenters. The molecule has 0 saturated carbocycles. The van der Waals surface area contributed by atoms with Gasteiger partial charge in [-0.3, -0.25) is 0 Å². The van der Waals surface area contributed by atoms with Gasteiger partial charge in [0.05, 0.1) is 23.9 Å². The van der Waals surface area contributed by atoms with E-state index in [1.54, 1.807) is 0 Å². The van der Waals surface area contributed by atoms with Gasteiger partial charge in [-0.1, -0.05) is 11.6 Å². The molecule has 0 amide bonds. The van der Waals surface area contributed by atoms with Crippen LogP contribution in [0.25, 0.3) is 0 Å². The van der Waals surface area contributed by atoms with E-state index in [2.05, 4.69) is 9.97 Å². The normalized spacial score (nSPS) is 13.5. The number of ether oxygens (including phenoxy) is 2. The molecule has 1 heterocycles. The van der Waals surface area contributed by atoms with Crippen LogP contribution in [0.4, 0.5) is 16.2 Å². The van der Waals surface area contributed by atoms with Gasteiger partial charge in [-0.25, -0.2) is 9.37 Å². The van der Waals surface area contributed by atoms with Crippen LogP contribution in [0.15, 0.2) is 18.3 Å². The van der Waals surface area contributed by atoms with Crippen LogP contribution < -0.4 is 20.9 Å². The van der Waals surface area contributed by atoms with E-state index >= 15 is 0 Å². The van der Waals surface area contributed by atoms with E-state index in [-0.39, 0.29) is 39.6 Å². The number of benzene rings is 1. The van der Waals surface area contributed by atoms with Crippen molar-refractivity contribution in [2.75, 3.05) is 18.6 Å². The molecule has 2 rings (SSSR count).